The minimum atomic E-state index is -0.856. The fraction of sp³-hybridized carbons (Fsp3) is 0.562. The maximum Gasteiger partial charge on any atom is 0.311 e. The SMILES string of the molecule is CCCCCc1cc(O)cc(OC(=O)CCCCO[N+](=O)[O-])c1. The molecular weight excluding hydrogens is 302 g/mol. The zero-order valence-corrected chi connectivity index (χ0v) is 13.3. The Kier molecular flexibility index (Phi) is 8.49. The Bertz CT molecular complexity index is 517. The average molecular weight is 325 g/mol. The van der Waals surface area contributed by atoms with Crippen molar-refractivity contribution in [2.24, 2.45) is 0 Å². The number of rotatable bonds is 11. The molecule has 0 spiro atoms. The fourth-order valence-corrected chi connectivity index (χ4v) is 2.12. The summed E-state index contributed by atoms with van der Waals surface area (Å²) in [7, 11) is 0. The molecule has 0 heterocycles. The molecule has 0 aromatic heterocycles. The Morgan fingerprint density at radius 1 is 1.22 bits per heavy atom. The van der Waals surface area contributed by atoms with Crippen molar-refractivity contribution in [2.45, 2.75) is 51.9 Å². The highest BCUT2D eigenvalue weighted by Crippen LogP contribution is 2.23. The summed E-state index contributed by atoms with van der Waals surface area (Å²) in [5.74, 6) is -0.0413. The first-order chi connectivity index (χ1) is 11.0. The van der Waals surface area contributed by atoms with E-state index >= 15 is 0 Å². The van der Waals surface area contributed by atoms with E-state index in [0.717, 1.165) is 31.2 Å². The van der Waals surface area contributed by atoms with Crippen molar-refractivity contribution in [3.05, 3.63) is 33.9 Å². The number of phenols is 1. The number of phenolic OH excluding ortho intramolecular Hbond substituents is 1. The molecular formula is C16H23NO6. The van der Waals surface area contributed by atoms with E-state index in [9.17, 15) is 20.0 Å². The monoisotopic (exact) mass is 325 g/mol. The molecule has 0 radical (unpaired) electrons. The summed E-state index contributed by atoms with van der Waals surface area (Å²) in [6.07, 6.45) is 5.04. The molecule has 0 atom stereocenters. The maximum atomic E-state index is 11.7. The first kappa shape index (κ1) is 18.7. The Morgan fingerprint density at radius 3 is 2.70 bits per heavy atom. The number of benzene rings is 1. The number of hydrogen-bond donors (Lipinski definition) is 1. The summed E-state index contributed by atoms with van der Waals surface area (Å²) in [4.78, 5) is 25.8. The average Bonchev–Trinajstić information content (AvgIpc) is 2.46. The third-order valence-corrected chi connectivity index (χ3v) is 3.22. The number of esters is 1. The van der Waals surface area contributed by atoms with Crippen LogP contribution in [-0.2, 0) is 16.1 Å². The lowest BCUT2D eigenvalue weighted by Gasteiger charge is -2.08. The number of unbranched alkanes of at least 4 members (excludes halogenated alkanes) is 3. The van der Waals surface area contributed by atoms with Crippen molar-refractivity contribution in [1.82, 2.24) is 0 Å². The van der Waals surface area contributed by atoms with E-state index < -0.39 is 11.1 Å². The third kappa shape index (κ3) is 8.65. The van der Waals surface area contributed by atoms with Crippen LogP contribution in [-0.4, -0.2) is 22.8 Å². The van der Waals surface area contributed by atoms with Crippen molar-refractivity contribution in [1.29, 1.82) is 0 Å². The van der Waals surface area contributed by atoms with Gasteiger partial charge in [-0.05, 0) is 43.4 Å². The van der Waals surface area contributed by atoms with Crippen molar-refractivity contribution in [3.63, 3.8) is 0 Å². The summed E-state index contributed by atoms with van der Waals surface area (Å²) in [6.45, 7) is 2.08. The van der Waals surface area contributed by atoms with Gasteiger partial charge in [0.05, 0.1) is 6.61 Å². The summed E-state index contributed by atoms with van der Waals surface area (Å²) >= 11 is 0. The van der Waals surface area contributed by atoms with E-state index in [1.165, 1.54) is 6.07 Å². The highest BCUT2D eigenvalue weighted by atomic mass is 16.9. The van der Waals surface area contributed by atoms with Gasteiger partial charge < -0.3 is 14.7 Å². The first-order valence-electron chi connectivity index (χ1n) is 7.82. The van der Waals surface area contributed by atoms with E-state index in [1.54, 1.807) is 12.1 Å². The van der Waals surface area contributed by atoms with Gasteiger partial charge in [-0.3, -0.25) is 4.79 Å². The number of aromatic hydroxyl groups is 1. The Balaban J connectivity index is 2.39. The van der Waals surface area contributed by atoms with Crippen LogP contribution in [0.2, 0.25) is 0 Å². The van der Waals surface area contributed by atoms with Gasteiger partial charge in [-0.15, -0.1) is 10.1 Å². The highest BCUT2D eigenvalue weighted by Gasteiger charge is 2.08. The van der Waals surface area contributed by atoms with Gasteiger partial charge in [-0.1, -0.05) is 19.8 Å². The Hall–Kier alpha value is -2.31. The van der Waals surface area contributed by atoms with Crippen LogP contribution in [0.4, 0.5) is 0 Å². The van der Waals surface area contributed by atoms with Crippen LogP contribution in [0.5, 0.6) is 11.5 Å². The van der Waals surface area contributed by atoms with Crippen LogP contribution in [0.15, 0.2) is 18.2 Å². The van der Waals surface area contributed by atoms with E-state index in [4.69, 9.17) is 4.74 Å². The van der Waals surface area contributed by atoms with E-state index in [-0.39, 0.29) is 18.8 Å². The molecule has 0 fully saturated rings. The van der Waals surface area contributed by atoms with Crippen molar-refractivity contribution < 1.29 is 24.6 Å². The van der Waals surface area contributed by atoms with Crippen molar-refractivity contribution >= 4 is 5.97 Å². The molecule has 0 amide bonds. The second kappa shape index (κ2) is 10.4. The molecule has 128 valence electrons. The van der Waals surface area contributed by atoms with Crippen molar-refractivity contribution in [3.8, 4) is 11.5 Å². The largest absolute Gasteiger partial charge is 0.508 e. The predicted octanol–water partition coefficient (Wildman–Crippen LogP) is 3.41. The number of carbonyl (C=O) groups is 1. The zero-order chi connectivity index (χ0) is 17.1. The van der Waals surface area contributed by atoms with Crippen LogP contribution in [0.3, 0.4) is 0 Å². The second-order valence-electron chi connectivity index (χ2n) is 5.28. The number of carbonyl (C=O) groups excluding carboxylic acids is 1. The van der Waals surface area contributed by atoms with Gasteiger partial charge in [-0.25, -0.2) is 0 Å². The molecule has 0 aliphatic carbocycles. The molecule has 7 heteroatoms. The minimum absolute atomic E-state index is 0.0337. The van der Waals surface area contributed by atoms with Crippen molar-refractivity contribution in [2.75, 3.05) is 6.61 Å². The number of ether oxygens (including phenoxy) is 1. The Labute approximate surface area is 135 Å². The number of aryl methyl sites for hydroxylation is 1. The summed E-state index contributed by atoms with van der Waals surface area (Å²) in [5.41, 5.74) is 0.931. The van der Waals surface area contributed by atoms with Gasteiger partial charge in [0.25, 0.3) is 5.09 Å². The minimum Gasteiger partial charge on any atom is -0.508 e. The topological polar surface area (TPSA) is 98.9 Å². The predicted molar refractivity (Wildman–Crippen MR) is 83.8 cm³/mol. The zero-order valence-electron chi connectivity index (χ0n) is 13.3. The lowest BCUT2D eigenvalue weighted by Crippen LogP contribution is -2.09. The normalized spacial score (nSPS) is 10.3. The van der Waals surface area contributed by atoms with Gasteiger partial charge in [-0.2, -0.15) is 0 Å². The van der Waals surface area contributed by atoms with Gasteiger partial charge in [0.15, 0.2) is 0 Å². The van der Waals surface area contributed by atoms with E-state index in [2.05, 4.69) is 11.8 Å². The highest BCUT2D eigenvalue weighted by molar-refractivity contribution is 5.72. The van der Waals surface area contributed by atoms with Gasteiger partial charge in [0, 0.05) is 12.5 Å². The second-order valence-corrected chi connectivity index (χ2v) is 5.28. The fourth-order valence-electron chi connectivity index (χ4n) is 2.12. The summed E-state index contributed by atoms with van der Waals surface area (Å²) in [5, 5.41) is 18.8. The van der Waals surface area contributed by atoms with Gasteiger partial charge in [0.2, 0.25) is 0 Å². The first-order valence-corrected chi connectivity index (χ1v) is 7.82. The number of hydrogen-bond acceptors (Lipinski definition) is 6. The van der Waals surface area contributed by atoms with E-state index in [1.807, 2.05) is 0 Å². The van der Waals surface area contributed by atoms with Crippen LogP contribution in [0, 0.1) is 10.1 Å². The molecule has 0 unspecified atom stereocenters. The smallest absolute Gasteiger partial charge is 0.311 e. The van der Waals surface area contributed by atoms with Gasteiger partial charge in [0.1, 0.15) is 11.5 Å². The molecule has 0 saturated carbocycles. The Morgan fingerprint density at radius 2 is 2.00 bits per heavy atom. The molecule has 1 aromatic rings. The van der Waals surface area contributed by atoms with Crippen LogP contribution < -0.4 is 4.74 Å². The van der Waals surface area contributed by atoms with Crippen LogP contribution in [0.25, 0.3) is 0 Å². The third-order valence-electron chi connectivity index (χ3n) is 3.22. The number of nitrogens with zero attached hydrogens (tertiary/aromatic N) is 1. The maximum absolute atomic E-state index is 11.7. The molecule has 1 rings (SSSR count). The molecule has 1 aromatic carbocycles. The summed E-state index contributed by atoms with van der Waals surface area (Å²) < 4.78 is 5.20. The molecule has 0 saturated heterocycles. The van der Waals surface area contributed by atoms with E-state index in [0.29, 0.717) is 18.6 Å². The standard InChI is InChI=1S/C16H23NO6/c1-2-3-4-7-13-10-14(18)12-15(11-13)23-16(19)8-5-6-9-22-17(20)21/h10-12,18H,2-9H2,1H3. The lowest BCUT2D eigenvalue weighted by molar-refractivity contribution is -0.757. The molecule has 7 nitrogen and oxygen atoms in total. The molecule has 23 heavy (non-hydrogen) atoms. The molecule has 0 aliphatic heterocycles. The molecule has 0 bridgehead atoms. The lowest BCUT2D eigenvalue weighted by atomic mass is 10.1. The van der Waals surface area contributed by atoms with Gasteiger partial charge >= 0.3 is 5.97 Å². The molecule has 1 N–H and O–H groups in total. The quantitative estimate of drug-likeness (QED) is 0.220. The molecule has 0 aliphatic rings. The summed E-state index contributed by atoms with van der Waals surface area (Å²) in [6, 6.07) is 4.82. The van der Waals surface area contributed by atoms with Crippen LogP contribution in [0.1, 0.15) is 51.0 Å². The van der Waals surface area contributed by atoms with Crippen LogP contribution >= 0.6 is 0 Å².